The van der Waals surface area contributed by atoms with E-state index in [0.29, 0.717) is 20.7 Å². The molecule has 0 spiro atoms. The number of hydrogen-bond acceptors (Lipinski definition) is 3. The topological polar surface area (TPSA) is 52.8 Å². The first kappa shape index (κ1) is 13.9. The van der Waals surface area contributed by atoms with Gasteiger partial charge in [0, 0.05) is 16.8 Å². The highest BCUT2D eigenvalue weighted by molar-refractivity contribution is 9.10. The van der Waals surface area contributed by atoms with E-state index in [9.17, 15) is 10.2 Å². The predicted molar refractivity (Wildman–Crippen MR) is 80.9 cm³/mol. The Kier molecular flexibility index (Phi) is 4.12. The Morgan fingerprint density at radius 3 is 2.68 bits per heavy atom. The van der Waals surface area contributed by atoms with Crippen LogP contribution < -0.4 is 0 Å². The molecule has 0 radical (unpaired) electrons. The molecule has 0 bridgehead atoms. The summed E-state index contributed by atoms with van der Waals surface area (Å²) >= 11 is 9.11. The van der Waals surface area contributed by atoms with Crippen molar-refractivity contribution < 1.29 is 10.2 Å². The number of rotatable bonds is 2. The normalized spacial score (nSPS) is 11.1. The van der Waals surface area contributed by atoms with Crippen LogP contribution in [0.1, 0.15) is 11.1 Å². The molecule has 0 amide bonds. The van der Waals surface area contributed by atoms with Crippen molar-refractivity contribution in [2.24, 2.45) is 4.99 Å². The third-order valence-electron chi connectivity index (χ3n) is 2.52. The van der Waals surface area contributed by atoms with Crippen molar-refractivity contribution in [3.63, 3.8) is 0 Å². The number of aliphatic imine (C=N–C) groups is 1. The highest BCUT2D eigenvalue weighted by atomic mass is 79.9. The first-order chi connectivity index (χ1) is 8.97. The molecule has 2 rings (SSSR count). The first-order valence-electron chi connectivity index (χ1n) is 5.49. The Balaban J connectivity index is 2.40. The fraction of sp³-hybridized carbons (Fsp3) is 0.0714. The molecule has 0 atom stereocenters. The molecule has 98 valence electrons. The van der Waals surface area contributed by atoms with Gasteiger partial charge in [0.2, 0.25) is 0 Å². The predicted octanol–water partition coefficient (Wildman–Crippen LogP) is 4.57. The summed E-state index contributed by atoms with van der Waals surface area (Å²) in [6, 6.07) is 8.21. The molecule has 0 fully saturated rings. The zero-order valence-corrected chi connectivity index (χ0v) is 12.4. The molecule has 0 unspecified atom stereocenters. The maximum Gasteiger partial charge on any atom is 0.141 e. The molecule has 0 aromatic heterocycles. The van der Waals surface area contributed by atoms with Gasteiger partial charge in [0.1, 0.15) is 17.2 Å². The number of phenols is 2. The minimum Gasteiger partial charge on any atom is -0.506 e. The molecule has 0 saturated carbocycles. The van der Waals surface area contributed by atoms with Gasteiger partial charge in [-0.05, 0) is 58.7 Å². The van der Waals surface area contributed by atoms with Crippen LogP contribution in [0.4, 0.5) is 5.69 Å². The molecule has 0 saturated heterocycles. The quantitative estimate of drug-likeness (QED) is 0.787. The van der Waals surface area contributed by atoms with Crippen molar-refractivity contribution in [3.8, 4) is 11.5 Å². The second-order valence-electron chi connectivity index (χ2n) is 4.08. The maximum atomic E-state index is 9.90. The van der Waals surface area contributed by atoms with Crippen LogP contribution in [0.3, 0.4) is 0 Å². The number of aryl methyl sites for hydroxylation is 1. The van der Waals surface area contributed by atoms with Gasteiger partial charge in [0.25, 0.3) is 0 Å². The summed E-state index contributed by atoms with van der Waals surface area (Å²) in [5, 5.41) is 20.0. The zero-order chi connectivity index (χ0) is 14.0. The van der Waals surface area contributed by atoms with Gasteiger partial charge < -0.3 is 10.2 Å². The van der Waals surface area contributed by atoms with Crippen molar-refractivity contribution in [1.29, 1.82) is 0 Å². The molecule has 5 heteroatoms. The van der Waals surface area contributed by atoms with Gasteiger partial charge in [0.05, 0.1) is 4.47 Å². The lowest BCUT2D eigenvalue weighted by molar-refractivity contribution is 0.470. The van der Waals surface area contributed by atoms with E-state index in [0.717, 1.165) is 5.56 Å². The van der Waals surface area contributed by atoms with Crippen molar-refractivity contribution in [2.45, 2.75) is 6.92 Å². The summed E-state index contributed by atoms with van der Waals surface area (Å²) in [5.74, 6) is 0.141. The first-order valence-corrected chi connectivity index (χ1v) is 6.66. The van der Waals surface area contributed by atoms with Crippen LogP contribution in [-0.2, 0) is 0 Å². The summed E-state index contributed by atoms with van der Waals surface area (Å²) < 4.78 is 0.601. The highest BCUT2D eigenvalue weighted by Gasteiger charge is 2.05. The van der Waals surface area contributed by atoms with E-state index in [1.165, 1.54) is 12.3 Å². The molecule has 3 nitrogen and oxygen atoms in total. The maximum absolute atomic E-state index is 9.90. The average molecular weight is 341 g/mol. The molecule has 0 aliphatic rings. The van der Waals surface area contributed by atoms with Crippen molar-refractivity contribution in [1.82, 2.24) is 0 Å². The largest absolute Gasteiger partial charge is 0.506 e. The van der Waals surface area contributed by atoms with Crippen molar-refractivity contribution in [3.05, 3.63) is 51.0 Å². The lowest BCUT2D eigenvalue weighted by atomic mass is 10.1. The standard InChI is InChI=1S/C14H11BrClNO2/c1-8-4-9(14(19)11(15)5-8)7-17-12-6-10(16)2-3-13(12)18/h2-7,18-19H,1H3. The van der Waals surface area contributed by atoms with E-state index >= 15 is 0 Å². The third-order valence-corrected chi connectivity index (χ3v) is 3.36. The van der Waals surface area contributed by atoms with Gasteiger partial charge in [0.15, 0.2) is 0 Å². The number of hydrogen-bond donors (Lipinski definition) is 2. The van der Waals surface area contributed by atoms with Crippen LogP contribution >= 0.6 is 27.5 Å². The number of nitrogens with zero attached hydrogens (tertiary/aromatic N) is 1. The fourth-order valence-corrected chi connectivity index (χ4v) is 2.36. The molecule has 2 aromatic rings. The minimum absolute atomic E-state index is 0.0341. The molecular formula is C14H11BrClNO2. The minimum atomic E-state index is 0.0341. The number of phenolic OH excluding ortho intramolecular Hbond substituents is 2. The molecule has 0 heterocycles. The van der Waals surface area contributed by atoms with Crippen LogP contribution in [0.25, 0.3) is 0 Å². The second kappa shape index (κ2) is 5.63. The van der Waals surface area contributed by atoms with E-state index in [1.54, 1.807) is 18.2 Å². The van der Waals surface area contributed by atoms with Gasteiger partial charge in [-0.3, -0.25) is 4.99 Å². The third kappa shape index (κ3) is 3.28. The van der Waals surface area contributed by atoms with Gasteiger partial charge in [-0.25, -0.2) is 0 Å². The van der Waals surface area contributed by atoms with Crippen LogP contribution in [0.15, 0.2) is 39.8 Å². The summed E-state index contributed by atoms with van der Waals surface area (Å²) in [6.45, 7) is 1.92. The molecular weight excluding hydrogens is 330 g/mol. The van der Waals surface area contributed by atoms with E-state index in [-0.39, 0.29) is 11.5 Å². The van der Waals surface area contributed by atoms with E-state index in [2.05, 4.69) is 20.9 Å². The summed E-state index contributed by atoms with van der Waals surface area (Å²) in [7, 11) is 0. The van der Waals surface area contributed by atoms with Crippen LogP contribution in [-0.4, -0.2) is 16.4 Å². The molecule has 0 aliphatic carbocycles. The number of aromatic hydroxyl groups is 2. The van der Waals surface area contributed by atoms with Crippen molar-refractivity contribution in [2.75, 3.05) is 0 Å². The lowest BCUT2D eigenvalue weighted by Gasteiger charge is -2.04. The van der Waals surface area contributed by atoms with E-state index < -0.39 is 0 Å². The number of halogens is 2. The van der Waals surface area contributed by atoms with E-state index in [1.807, 2.05) is 13.0 Å². The second-order valence-corrected chi connectivity index (χ2v) is 5.37. The Morgan fingerprint density at radius 1 is 1.21 bits per heavy atom. The zero-order valence-electron chi connectivity index (χ0n) is 10.1. The van der Waals surface area contributed by atoms with Gasteiger partial charge in [-0.15, -0.1) is 0 Å². The summed E-state index contributed by atoms with van der Waals surface area (Å²) in [5.41, 5.74) is 1.90. The lowest BCUT2D eigenvalue weighted by Crippen LogP contribution is -1.86. The Labute approximate surface area is 124 Å². The smallest absolute Gasteiger partial charge is 0.141 e. The van der Waals surface area contributed by atoms with Gasteiger partial charge in [-0.1, -0.05) is 11.6 Å². The Hall–Kier alpha value is -1.52. The molecule has 2 N–H and O–H groups in total. The Bertz CT molecular complexity index is 656. The van der Waals surface area contributed by atoms with Crippen LogP contribution in [0.2, 0.25) is 5.02 Å². The number of benzene rings is 2. The summed E-state index contributed by atoms with van der Waals surface area (Å²) in [6.07, 6.45) is 1.48. The summed E-state index contributed by atoms with van der Waals surface area (Å²) in [4.78, 5) is 4.14. The van der Waals surface area contributed by atoms with Gasteiger partial charge >= 0.3 is 0 Å². The molecule has 19 heavy (non-hydrogen) atoms. The highest BCUT2D eigenvalue weighted by Crippen LogP contribution is 2.31. The fourth-order valence-electron chi connectivity index (χ4n) is 1.60. The van der Waals surface area contributed by atoms with E-state index in [4.69, 9.17) is 11.6 Å². The molecule has 0 aliphatic heterocycles. The Morgan fingerprint density at radius 2 is 1.95 bits per heavy atom. The van der Waals surface area contributed by atoms with Gasteiger partial charge in [-0.2, -0.15) is 0 Å². The van der Waals surface area contributed by atoms with Crippen molar-refractivity contribution >= 4 is 39.4 Å². The van der Waals surface area contributed by atoms with Crippen LogP contribution in [0, 0.1) is 6.92 Å². The molecule has 2 aromatic carbocycles. The average Bonchev–Trinajstić information content (AvgIpc) is 2.35. The SMILES string of the molecule is Cc1cc(Br)c(O)c(C=Nc2cc(Cl)ccc2O)c1. The van der Waals surface area contributed by atoms with Crippen LogP contribution in [0.5, 0.6) is 11.5 Å². The monoisotopic (exact) mass is 339 g/mol.